The number of nitrogens with one attached hydrogen (secondary N) is 1. The Hall–Kier alpha value is -2.40. The van der Waals surface area contributed by atoms with Gasteiger partial charge in [0.1, 0.15) is 12.4 Å². The van der Waals surface area contributed by atoms with Crippen molar-refractivity contribution in [2.45, 2.75) is 24.6 Å². The molecule has 5 heteroatoms. The van der Waals surface area contributed by atoms with Crippen LogP contribution in [0.15, 0.2) is 54.6 Å². The van der Waals surface area contributed by atoms with Crippen LogP contribution in [0.3, 0.4) is 0 Å². The highest BCUT2D eigenvalue weighted by molar-refractivity contribution is 5.90. The molecule has 1 aliphatic rings. The Bertz CT molecular complexity index is 751. The molecule has 1 fully saturated rings. The summed E-state index contributed by atoms with van der Waals surface area (Å²) in [6, 6.07) is 16.9. The molecule has 1 saturated carbocycles. The van der Waals surface area contributed by atoms with Gasteiger partial charge in [-0.3, -0.25) is 4.79 Å². The molecule has 0 aliphatic heterocycles. The van der Waals surface area contributed by atoms with E-state index in [1.54, 1.807) is 0 Å². The third-order valence-corrected chi connectivity index (χ3v) is 4.63. The summed E-state index contributed by atoms with van der Waals surface area (Å²) in [5.41, 5.74) is -0.0242. The molecule has 1 amide bonds. The molecule has 1 N–H and O–H groups in total. The van der Waals surface area contributed by atoms with E-state index in [1.165, 1.54) is 0 Å². The van der Waals surface area contributed by atoms with Crippen LogP contribution in [0.2, 0.25) is 0 Å². The van der Waals surface area contributed by atoms with Gasteiger partial charge in [-0.05, 0) is 37.4 Å². The Labute approximate surface area is 154 Å². The lowest BCUT2D eigenvalue weighted by atomic mass is 10.1. The summed E-state index contributed by atoms with van der Waals surface area (Å²) < 4.78 is 20.5. The standard InChI is InChI=1S/C21H25FN2O2/c1-24(2)11-12-26-18-10-6-7-16(13-18)15-23-20(25)21(22)14-19(21)17-8-4-3-5-9-17/h3-10,13,19H,11-12,14-15H2,1-2H3,(H,23,25)/t19-,21-/m0/s1. The molecule has 3 rings (SSSR count). The lowest BCUT2D eigenvalue weighted by molar-refractivity contribution is -0.127. The predicted octanol–water partition coefficient (Wildman–Crippen LogP) is 3.14. The molecule has 2 aromatic rings. The summed E-state index contributed by atoms with van der Waals surface area (Å²) >= 11 is 0. The van der Waals surface area contributed by atoms with Gasteiger partial charge in [-0.25, -0.2) is 4.39 Å². The average Bonchev–Trinajstić information content (AvgIpc) is 3.34. The Morgan fingerprint density at radius 1 is 1.23 bits per heavy atom. The number of hydrogen-bond acceptors (Lipinski definition) is 3. The lowest BCUT2D eigenvalue weighted by Crippen LogP contribution is -2.34. The number of carbonyl (C=O) groups excluding carboxylic acids is 1. The van der Waals surface area contributed by atoms with E-state index >= 15 is 0 Å². The van der Waals surface area contributed by atoms with E-state index in [0.717, 1.165) is 23.4 Å². The number of benzene rings is 2. The first kappa shape index (κ1) is 18.4. The van der Waals surface area contributed by atoms with Crippen LogP contribution in [0.25, 0.3) is 0 Å². The normalized spacial score (nSPS) is 21.5. The summed E-state index contributed by atoms with van der Waals surface area (Å²) in [5, 5.41) is 2.72. The minimum atomic E-state index is -1.79. The third kappa shape index (κ3) is 4.41. The van der Waals surface area contributed by atoms with E-state index in [0.29, 0.717) is 6.61 Å². The minimum Gasteiger partial charge on any atom is -0.492 e. The van der Waals surface area contributed by atoms with E-state index in [9.17, 15) is 9.18 Å². The van der Waals surface area contributed by atoms with Crippen molar-refractivity contribution >= 4 is 5.91 Å². The van der Waals surface area contributed by atoms with Gasteiger partial charge in [-0.15, -0.1) is 0 Å². The molecule has 4 nitrogen and oxygen atoms in total. The summed E-state index contributed by atoms with van der Waals surface area (Å²) in [6.45, 7) is 1.71. The van der Waals surface area contributed by atoms with Crippen LogP contribution in [0.1, 0.15) is 23.5 Å². The second kappa shape index (κ2) is 7.87. The quantitative estimate of drug-likeness (QED) is 0.790. The Kier molecular flexibility index (Phi) is 5.57. The third-order valence-electron chi connectivity index (χ3n) is 4.63. The molecule has 0 heterocycles. The Balaban J connectivity index is 1.52. The molecule has 0 radical (unpaired) electrons. The van der Waals surface area contributed by atoms with Gasteiger partial charge in [0.25, 0.3) is 5.91 Å². The van der Waals surface area contributed by atoms with Gasteiger partial charge < -0.3 is 15.0 Å². The van der Waals surface area contributed by atoms with Crippen molar-refractivity contribution in [2.24, 2.45) is 0 Å². The molecule has 26 heavy (non-hydrogen) atoms. The first-order valence-electron chi connectivity index (χ1n) is 8.87. The maximum atomic E-state index is 14.8. The zero-order valence-electron chi connectivity index (χ0n) is 15.2. The van der Waals surface area contributed by atoms with Gasteiger partial charge >= 0.3 is 0 Å². The molecule has 2 atom stereocenters. The lowest BCUT2D eigenvalue weighted by Gasteiger charge is -2.13. The van der Waals surface area contributed by atoms with Crippen LogP contribution in [0.4, 0.5) is 4.39 Å². The van der Waals surface area contributed by atoms with E-state index < -0.39 is 11.6 Å². The number of carbonyl (C=O) groups is 1. The number of rotatable bonds is 8. The largest absolute Gasteiger partial charge is 0.492 e. The zero-order chi connectivity index (χ0) is 18.6. The van der Waals surface area contributed by atoms with Crippen LogP contribution in [-0.4, -0.2) is 43.7 Å². The summed E-state index contributed by atoms with van der Waals surface area (Å²) in [7, 11) is 3.98. The number of halogens is 1. The zero-order valence-corrected chi connectivity index (χ0v) is 15.2. The van der Waals surface area contributed by atoms with E-state index in [1.807, 2.05) is 73.6 Å². The van der Waals surface area contributed by atoms with Crippen LogP contribution in [-0.2, 0) is 11.3 Å². The number of hydrogen-bond donors (Lipinski definition) is 1. The van der Waals surface area contributed by atoms with Crippen molar-refractivity contribution in [3.05, 3.63) is 65.7 Å². The first-order valence-corrected chi connectivity index (χ1v) is 8.87. The molecule has 0 bridgehead atoms. The topological polar surface area (TPSA) is 41.6 Å². The van der Waals surface area contributed by atoms with Crippen LogP contribution in [0, 0.1) is 0 Å². The van der Waals surface area contributed by atoms with Crippen LogP contribution < -0.4 is 10.1 Å². The molecular weight excluding hydrogens is 331 g/mol. The van der Waals surface area contributed by atoms with Crippen molar-refractivity contribution in [3.8, 4) is 5.75 Å². The molecule has 1 aliphatic carbocycles. The fourth-order valence-corrected chi connectivity index (χ4v) is 2.98. The monoisotopic (exact) mass is 356 g/mol. The molecule has 0 saturated heterocycles. The predicted molar refractivity (Wildman–Crippen MR) is 100.0 cm³/mol. The van der Waals surface area contributed by atoms with Crippen molar-refractivity contribution in [1.29, 1.82) is 0 Å². The van der Waals surface area contributed by atoms with Gasteiger partial charge in [-0.1, -0.05) is 42.5 Å². The van der Waals surface area contributed by atoms with E-state index in [4.69, 9.17) is 4.74 Å². The Morgan fingerprint density at radius 2 is 2.00 bits per heavy atom. The number of ether oxygens (including phenoxy) is 1. The smallest absolute Gasteiger partial charge is 0.258 e. The van der Waals surface area contributed by atoms with Gasteiger partial charge in [-0.2, -0.15) is 0 Å². The van der Waals surface area contributed by atoms with Crippen molar-refractivity contribution in [3.63, 3.8) is 0 Å². The fraction of sp³-hybridized carbons (Fsp3) is 0.381. The average molecular weight is 356 g/mol. The summed E-state index contributed by atoms with van der Waals surface area (Å²) in [6.07, 6.45) is 0.247. The number of alkyl halides is 1. The van der Waals surface area contributed by atoms with Gasteiger partial charge in [0.05, 0.1) is 0 Å². The first-order chi connectivity index (χ1) is 12.5. The van der Waals surface area contributed by atoms with Crippen molar-refractivity contribution in [2.75, 3.05) is 27.2 Å². The molecule has 138 valence electrons. The highest BCUT2D eigenvalue weighted by atomic mass is 19.1. The maximum absolute atomic E-state index is 14.8. The summed E-state index contributed by atoms with van der Waals surface area (Å²) in [5.74, 6) is -0.128. The van der Waals surface area contributed by atoms with Gasteiger partial charge in [0.2, 0.25) is 0 Å². The van der Waals surface area contributed by atoms with Crippen LogP contribution in [0.5, 0.6) is 5.75 Å². The number of likely N-dealkylation sites (N-methyl/N-ethyl adjacent to an activating group) is 1. The molecule has 0 aromatic heterocycles. The fourth-order valence-electron chi connectivity index (χ4n) is 2.98. The van der Waals surface area contributed by atoms with Gasteiger partial charge in [0, 0.05) is 25.4 Å². The number of amides is 1. The van der Waals surface area contributed by atoms with E-state index in [-0.39, 0.29) is 18.9 Å². The molecule has 0 unspecified atom stereocenters. The molecular formula is C21H25FN2O2. The molecule has 2 aromatic carbocycles. The summed E-state index contributed by atoms with van der Waals surface area (Å²) in [4.78, 5) is 14.3. The highest BCUT2D eigenvalue weighted by Gasteiger charge is 2.61. The van der Waals surface area contributed by atoms with E-state index in [2.05, 4.69) is 5.32 Å². The second-order valence-corrected chi connectivity index (χ2v) is 7.01. The van der Waals surface area contributed by atoms with Gasteiger partial charge in [0.15, 0.2) is 5.67 Å². The second-order valence-electron chi connectivity index (χ2n) is 7.01. The highest BCUT2D eigenvalue weighted by Crippen LogP contribution is 2.54. The SMILES string of the molecule is CN(C)CCOc1cccc(CNC(=O)[C@]2(F)C[C@H]2c2ccccc2)c1. The van der Waals surface area contributed by atoms with Crippen LogP contribution >= 0.6 is 0 Å². The van der Waals surface area contributed by atoms with Crippen molar-refractivity contribution in [1.82, 2.24) is 10.2 Å². The van der Waals surface area contributed by atoms with Crippen molar-refractivity contribution < 1.29 is 13.9 Å². The molecule has 0 spiro atoms. The minimum absolute atomic E-state index is 0.247. The number of nitrogens with zero attached hydrogens (tertiary/aromatic N) is 1. The Morgan fingerprint density at radius 3 is 2.73 bits per heavy atom. The maximum Gasteiger partial charge on any atom is 0.258 e.